The Labute approximate surface area is 136 Å². The second-order valence-corrected chi connectivity index (χ2v) is 6.39. The fraction of sp³-hybridized carbons (Fsp3) is 0.550. The van der Waals surface area contributed by atoms with E-state index in [2.05, 4.69) is 32.6 Å². The molecule has 0 spiro atoms. The molecule has 0 unspecified atom stereocenters. The van der Waals surface area contributed by atoms with Crippen molar-refractivity contribution in [2.45, 2.75) is 66.4 Å². The zero-order valence-electron chi connectivity index (χ0n) is 14.8. The molecular weight excluding hydrogens is 270 g/mol. The molecule has 1 N–H and O–H groups in total. The fourth-order valence-electron chi connectivity index (χ4n) is 1.93. The average molecular weight is 301 g/mol. The molecule has 2 nitrogen and oxygen atoms in total. The van der Waals surface area contributed by atoms with E-state index in [4.69, 9.17) is 5.26 Å². The summed E-state index contributed by atoms with van der Waals surface area (Å²) in [5, 5.41) is 18.7. The third-order valence-corrected chi connectivity index (χ3v) is 3.71. The second kappa shape index (κ2) is 11.0. The lowest BCUT2D eigenvalue weighted by atomic mass is 10.0. The van der Waals surface area contributed by atoms with Gasteiger partial charge in [0.25, 0.3) is 0 Å². The van der Waals surface area contributed by atoms with Crippen molar-refractivity contribution in [3.05, 3.63) is 47.1 Å². The van der Waals surface area contributed by atoms with Crippen LogP contribution in [0.2, 0.25) is 0 Å². The van der Waals surface area contributed by atoms with Crippen molar-refractivity contribution in [2.75, 3.05) is 0 Å². The van der Waals surface area contributed by atoms with Gasteiger partial charge < -0.3 is 5.11 Å². The highest BCUT2D eigenvalue weighted by molar-refractivity contribution is 5.28. The molecule has 22 heavy (non-hydrogen) atoms. The van der Waals surface area contributed by atoms with Crippen LogP contribution in [0.3, 0.4) is 0 Å². The van der Waals surface area contributed by atoms with Gasteiger partial charge in [-0.15, -0.1) is 0 Å². The smallest absolute Gasteiger partial charge is 0.0949 e. The molecule has 0 heterocycles. The second-order valence-electron chi connectivity index (χ2n) is 6.39. The van der Waals surface area contributed by atoms with E-state index in [1.165, 1.54) is 11.1 Å². The molecule has 2 heteroatoms. The van der Waals surface area contributed by atoms with E-state index in [-0.39, 0.29) is 5.92 Å². The lowest BCUT2D eigenvalue weighted by Crippen LogP contribution is -2.06. The normalized spacial score (nSPS) is 14.9. The van der Waals surface area contributed by atoms with Gasteiger partial charge in [0, 0.05) is 5.57 Å². The van der Waals surface area contributed by atoms with Gasteiger partial charge in [0.2, 0.25) is 0 Å². The third kappa shape index (κ3) is 9.37. The highest BCUT2D eigenvalue weighted by atomic mass is 16.3. The summed E-state index contributed by atoms with van der Waals surface area (Å²) in [4.78, 5) is 0. The van der Waals surface area contributed by atoms with Gasteiger partial charge in [-0.05, 0) is 58.4 Å². The number of nitriles is 1. The average Bonchev–Trinajstić information content (AvgIpc) is 2.44. The molecule has 0 radical (unpaired) electrons. The minimum atomic E-state index is -0.393. The lowest BCUT2D eigenvalue weighted by molar-refractivity contribution is 0.201. The first kappa shape index (κ1) is 20.4. The van der Waals surface area contributed by atoms with Crippen LogP contribution in [0, 0.1) is 17.2 Å². The molecule has 0 aromatic rings. The van der Waals surface area contributed by atoms with Gasteiger partial charge >= 0.3 is 0 Å². The SMILES string of the molecule is C=C(C)[C@H](O)CC/C(C)=C/CC/C(C)=C/C=C(\C#N)C(C)C. The van der Waals surface area contributed by atoms with Crippen molar-refractivity contribution >= 4 is 0 Å². The Hall–Kier alpha value is -1.59. The van der Waals surface area contributed by atoms with Crippen LogP contribution in [0.1, 0.15) is 60.3 Å². The van der Waals surface area contributed by atoms with Gasteiger partial charge in [-0.3, -0.25) is 0 Å². The number of rotatable bonds is 9. The minimum absolute atomic E-state index is 0.274. The Kier molecular flexibility index (Phi) is 10.2. The number of hydrogen-bond acceptors (Lipinski definition) is 2. The first-order chi connectivity index (χ1) is 10.3. The van der Waals surface area contributed by atoms with Crippen LogP contribution in [0.5, 0.6) is 0 Å². The van der Waals surface area contributed by atoms with Crippen molar-refractivity contribution in [3.8, 4) is 6.07 Å². The van der Waals surface area contributed by atoms with E-state index in [0.29, 0.717) is 0 Å². The van der Waals surface area contributed by atoms with Crippen LogP contribution in [-0.4, -0.2) is 11.2 Å². The molecule has 0 rings (SSSR count). The van der Waals surface area contributed by atoms with Crippen LogP contribution in [0.15, 0.2) is 47.1 Å². The number of nitrogens with zero attached hydrogens (tertiary/aromatic N) is 1. The van der Waals surface area contributed by atoms with E-state index >= 15 is 0 Å². The Morgan fingerprint density at radius 1 is 1.14 bits per heavy atom. The van der Waals surface area contributed by atoms with Crippen LogP contribution < -0.4 is 0 Å². The maximum Gasteiger partial charge on any atom is 0.0949 e. The van der Waals surface area contributed by atoms with Crippen LogP contribution in [0.25, 0.3) is 0 Å². The number of hydrogen-bond donors (Lipinski definition) is 1. The van der Waals surface area contributed by atoms with E-state index in [0.717, 1.165) is 36.8 Å². The number of aliphatic hydroxyl groups excluding tert-OH is 1. The quantitative estimate of drug-likeness (QED) is 0.348. The Balaban J connectivity index is 4.30. The summed E-state index contributed by atoms with van der Waals surface area (Å²) in [6.45, 7) is 13.9. The van der Waals surface area contributed by atoms with Crippen molar-refractivity contribution in [3.63, 3.8) is 0 Å². The zero-order chi connectivity index (χ0) is 17.1. The standard InChI is InChI=1S/C20H31NO/c1-15(2)19(14-21)12-10-17(5)8-7-9-18(6)11-13-20(22)16(3)4/h9-10,12,15,20,22H,3,7-8,11,13H2,1-2,4-6H3/b17-10+,18-9+,19-12+/t20-/m1/s1. The van der Waals surface area contributed by atoms with Gasteiger partial charge in [0.1, 0.15) is 0 Å². The summed E-state index contributed by atoms with van der Waals surface area (Å²) < 4.78 is 0. The molecule has 0 aliphatic heterocycles. The molecule has 0 aliphatic carbocycles. The molecule has 1 atom stereocenters. The van der Waals surface area contributed by atoms with E-state index in [1.807, 2.05) is 32.9 Å². The topological polar surface area (TPSA) is 44.0 Å². The van der Waals surface area contributed by atoms with E-state index in [9.17, 15) is 5.11 Å². The zero-order valence-corrected chi connectivity index (χ0v) is 14.8. The summed E-state index contributed by atoms with van der Waals surface area (Å²) in [7, 11) is 0. The molecule has 0 aromatic heterocycles. The Morgan fingerprint density at radius 2 is 1.77 bits per heavy atom. The van der Waals surface area contributed by atoms with Crippen LogP contribution >= 0.6 is 0 Å². The van der Waals surface area contributed by atoms with Gasteiger partial charge in [0.15, 0.2) is 0 Å². The van der Waals surface area contributed by atoms with Crippen molar-refractivity contribution in [1.82, 2.24) is 0 Å². The Bertz CT molecular complexity index is 486. The molecule has 0 saturated carbocycles. The molecule has 0 aromatic carbocycles. The monoisotopic (exact) mass is 301 g/mol. The molecule has 122 valence electrons. The minimum Gasteiger partial charge on any atom is -0.389 e. The first-order valence-electron chi connectivity index (χ1n) is 8.04. The fourth-order valence-corrected chi connectivity index (χ4v) is 1.93. The summed E-state index contributed by atoms with van der Waals surface area (Å²) in [6, 6.07) is 2.24. The summed E-state index contributed by atoms with van der Waals surface area (Å²) in [5.74, 6) is 0.274. The predicted molar refractivity (Wildman–Crippen MR) is 95.3 cm³/mol. The molecule has 0 fully saturated rings. The van der Waals surface area contributed by atoms with Gasteiger partial charge in [-0.25, -0.2) is 0 Å². The molecule has 0 saturated heterocycles. The Morgan fingerprint density at radius 3 is 2.27 bits per heavy atom. The molecular formula is C20H31NO. The van der Waals surface area contributed by atoms with E-state index in [1.54, 1.807) is 0 Å². The van der Waals surface area contributed by atoms with Gasteiger partial charge in [0.05, 0.1) is 12.2 Å². The summed E-state index contributed by atoms with van der Waals surface area (Å²) in [5.41, 5.74) is 4.24. The lowest BCUT2D eigenvalue weighted by Gasteiger charge is -2.09. The van der Waals surface area contributed by atoms with Crippen molar-refractivity contribution in [1.29, 1.82) is 5.26 Å². The van der Waals surface area contributed by atoms with Crippen molar-refractivity contribution < 1.29 is 5.11 Å². The number of aliphatic hydroxyl groups is 1. The summed E-state index contributed by atoms with van der Waals surface area (Å²) in [6.07, 6.45) is 9.46. The van der Waals surface area contributed by atoms with Crippen LogP contribution in [0.4, 0.5) is 0 Å². The maximum atomic E-state index is 9.71. The molecule has 0 aliphatic rings. The largest absolute Gasteiger partial charge is 0.389 e. The van der Waals surface area contributed by atoms with Crippen molar-refractivity contribution in [2.24, 2.45) is 5.92 Å². The molecule has 0 bridgehead atoms. The highest BCUT2D eigenvalue weighted by Gasteiger charge is 2.04. The maximum absolute atomic E-state index is 9.71. The predicted octanol–water partition coefficient (Wildman–Crippen LogP) is 5.48. The van der Waals surface area contributed by atoms with Gasteiger partial charge in [-0.2, -0.15) is 5.26 Å². The third-order valence-electron chi connectivity index (χ3n) is 3.71. The summed E-state index contributed by atoms with van der Waals surface area (Å²) >= 11 is 0. The first-order valence-corrected chi connectivity index (χ1v) is 8.04. The molecule has 0 amide bonds. The van der Waals surface area contributed by atoms with E-state index < -0.39 is 6.10 Å². The number of allylic oxidation sites excluding steroid dienone is 6. The van der Waals surface area contributed by atoms with Crippen LogP contribution in [-0.2, 0) is 0 Å². The highest BCUT2D eigenvalue weighted by Crippen LogP contribution is 2.15. The van der Waals surface area contributed by atoms with Gasteiger partial charge in [-0.1, -0.05) is 49.3 Å².